The molecule has 0 bridgehead atoms. The van der Waals surface area contributed by atoms with Crippen molar-refractivity contribution in [3.8, 4) is 11.1 Å². The molecule has 0 aliphatic carbocycles. The molecule has 4 nitrogen and oxygen atoms in total. The molecule has 1 aliphatic rings. The molecule has 28 heavy (non-hydrogen) atoms. The summed E-state index contributed by atoms with van der Waals surface area (Å²) in [7, 11) is 0. The van der Waals surface area contributed by atoms with Gasteiger partial charge in [-0.1, -0.05) is 18.2 Å². The van der Waals surface area contributed by atoms with Crippen molar-refractivity contribution < 1.29 is 27.9 Å². The molecule has 0 spiro atoms. The maximum atomic E-state index is 13.7. The van der Waals surface area contributed by atoms with Crippen molar-refractivity contribution in [2.45, 2.75) is 12.3 Å². The highest BCUT2D eigenvalue weighted by Crippen LogP contribution is 2.49. The van der Waals surface area contributed by atoms with E-state index in [9.17, 15) is 27.9 Å². The molecule has 4 rings (SSSR count). The lowest BCUT2D eigenvalue weighted by atomic mass is 9.88. The van der Waals surface area contributed by atoms with Crippen molar-refractivity contribution in [3.63, 3.8) is 0 Å². The van der Waals surface area contributed by atoms with Gasteiger partial charge in [0, 0.05) is 22.8 Å². The van der Waals surface area contributed by atoms with E-state index in [1.807, 2.05) is 0 Å². The summed E-state index contributed by atoms with van der Waals surface area (Å²) in [5, 5.41) is 12.3. The van der Waals surface area contributed by atoms with Gasteiger partial charge in [-0.15, -0.1) is 11.3 Å². The predicted octanol–water partition coefficient (Wildman–Crippen LogP) is 5.00. The van der Waals surface area contributed by atoms with Gasteiger partial charge in [-0.3, -0.25) is 4.79 Å². The Morgan fingerprint density at radius 2 is 1.89 bits per heavy atom. The number of anilines is 1. The summed E-state index contributed by atoms with van der Waals surface area (Å²) in [6.07, 6.45) is -0.0414. The van der Waals surface area contributed by atoms with Crippen LogP contribution in [-0.2, 0) is 4.79 Å². The monoisotopic (exact) mass is 403 g/mol. The topological polar surface area (TPSA) is 66.4 Å². The Hall–Kier alpha value is -3.13. The molecule has 2 N–H and O–H groups in total. The number of rotatable bonds is 3. The fraction of sp³-hybridized carbons (Fsp3) is 0.100. The van der Waals surface area contributed by atoms with E-state index in [0.29, 0.717) is 16.0 Å². The third-order valence-electron chi connectivity index (χ3n) is 4.56. The van der Waals surface area contributed by atoms with Gasteiger partial charge in [-0.25, -0.2) is 18.0 Å². The summed E-state index contributed by atoms with van der Waals surface area (Å²) in [6, 6.07) is 8.74. The van der Waals surface area contributed by atoms with Crippen LogP contribution in [0.15, 0.2) is 42.5 Å². The molecule has 1 amide bonds. The van der Waals surface area contributed by atoms with Crippen molar-refractivity contribution in [1.82, 2.24) is 0 Å². The smallest absolute Gasteiger partial charge is 0.346 e. The molecule has 1 aliphatic heterocycles. The zero-order chi connectivity index (χ0) is 20.0. The van der Waals surface area contributed by atoms with E-state index >= 15 is 0 Å². The fourth-order valence-electron chi connectivity index (χ4n) is 3.36. The normalized spacial score (nSPS) is 15.8. The van der Waals surface area contributed by atoms with Crippen LogP contribution in [-0.4, -0.2) is 17.0 Å². The number of fused-ring (bicyclic) bond motifs is 1. The molecule has 142 valence electrons. The van der Waals surface area contributed by atoms with E-state index in [2.05, 4.69) is 5.32 Å². The molecule has 0 fully saturated rings. The van der Waals surface area contributed by atoms with Crippen LogP contribution < -0.4 is 5.32 Å². The second kappa shape index (κ2) is 6.79. The highest BCUT2D eigenvalue weighted by Gasteiger charge is 2.34. The summed E-state index contributed by atoms with van der Waals surface area (Å²) >= 11 is 0.933. The SMILES string of the molecule is O=C1CC(c2ccc(F)c(F)c2)c2sc(C(=O)O)c(-c3cccc(F)c3)c2N1. The standard InChI is InChI=1S/C20H12F3NO3S/c21-11-3-1-2-10(6-11)16-17-18(28-19(16)20(26)27)12(8-15(25)24-17)9-4-5-13(22)14(23)7-9/h1-7,12H,8H2,(H,24,25)(H,26,27). The van der Waals surface area contributed by atoms with Gasteiger partial charge < -0.3 is 10.4 Å². The molecule has 1 atom stereocenters. The van der Waals surface area contributed by atoms with Gasteiger partial charge in [0.25, 0.3) is 0 Å². The second-order valence-corrected chi connectivity index (χ2v) is 7.39. The maximum absolute atomic E-state index is 13.7. The van der Waals surface area contributed by atoms with Crippen LogP contribution in [0.4, 0.5) is 18.9 Å². The predicted molar refractivity (Wildman–Crippen MR) is 98.1 cm³/mol. The number of carboxylic acid groups (broad SMARTS) is 1. The highest BCUT2D eigenvalue weighted by molar-refractivity contribution is 7.15. The van der Waals surface area contributed by atoms with Crippen molar-refractivity contribution in [1.29, 1.82) is 0 Å². The van der Waals surface area contributed by atoms with Gasteiger partial charge in [-0.05, 0) is 35.4 Å². The number of thiophene rings is 1. The summed E-state index contributed by atoms with van der Waals surface area (Å²) in [5.74, 6) is -4.86. The minimum absolute atomic E-state index is 0.0414. The third kappa shape index (κ3) is 3.05. The van der Waals surface area contributed by atoms with Crippen molar-refractivity contribution >= 4 is 28.9 Å². The molecule has 0 saturated heterocycles. The van der Waals surface area contributed by atoms with E-state index in [0.717, 1.165) is 23.5 Å². The lowest BCUT2D eigenvalue weighted by Gasteiger charge is -2.24. The third-order valence-corrected chi connectivity index (χ3v) is 5.85. The molecule has 1 aromatic heterocycles. The average molecular weight is 403 g/mol. The number of benzene rings is 2. The summed E-state index contributed by atoms with van der Waals surface area (Å²) < 4.78 is 40.7. The maximum Gasteiger partial charge on any atom is 0.346 e. The lowest BCUT2D eigenvalue weighted by molar-refractivity contribution is -0.116. The minimum atomic E-state index is -1.23. The Morgan fingerprint density at radius 1 is 1.11 bits per heavy atom. The van der Waals surface area contributed by atoms with Gasteiger partial charge in [0.1, 0.15) is 10.7 Å². The van der Waals surface area contributed by atoms with Gasteiger partial charge in [0.15, 0.2) is 11.6 Å². The van der Waals surface area contributed by atoms with Crippen molar-refractivity contribution in [2.75, 3.05) is 5.32 Å². The number of carboxylic acids is 1. The van der Waals surface area contributed by atoms with Crippen LogP contribution in [0, 0.1) is 17.5 Å². The van der Waals surface area contributed by atoms with Crippen molar-refractivity contribution in [3.05, 3.63) is 75.2 Å². The Labute approximate surface area is 161 Å². The molecule has 0 radical (unpaired) electrons. The van der Waals surface area contributed by atoms with Gasteiger partial charge in [0.05, 0.1) is 5.69 Å². The number of hydrogen-bond acceptors (Lipinski definition) is 3. The summed E-state index contributed by atoms with van der Waals surface area (Å²) in [6.45, 7) is 0. The van der Waals surface area contributed by atoms with Crippen LogP contribution >= 0.6 is 11.3 Å². The van der Waals surface area contributed by atoms with E-state index in [1.54, 1.807) is 6.07 Å². The number of amides is 1. The molecule has 2 aromatic carbocycles. The number of nitrogens with one attached hydrogen (secondary N) is 1. The molecular formula is C20H12F3NO3S. The summed E-state index contributed by atoms with van der Waals surface area (Å²) in [5.41, 5.74) is 1.13. The first kappa shape index (κ1) is 18.2. The van der Waals surface area contributed by atoms with Crippen LogP contribution in [0.3, 0.4) is 0 Å². The zero-order valence-electron chi connectivity index (χ0n) is 14.1. The first-order valence-corrected chi connectivity index (χ1v) is 9.07. The number of carbonyl (C=O) groups is 2. The minimum Gasteiger partial charge on any atom is -0.477 e. The van der Waals surface area contributed by atoms with Gasteiger partial charge in [-0.2, -0.15) is 0 Å². The number of aromatic carboxylic acids is 1. The Kier molecular flexibility index (Phi) is 4.43. The molecule has 3 aromatic rings. The molecule has 0 saturated carbocycles. The Bertz CT molecular complexity index is 1130. The Morgan fingerprint density at radius 3 is 2.57 bits per heavy atom. The van der Waals surface area contributed by atoms with E-state index < -0.39 is 35.2 Å². The molecule has 2 heterocycles. The largest absolute Gasteiger partial charge is 0.477 e. The van der Waals surface area contributed by atoms with Crippen molar-refractivity contribution in [2.24, 2.45) is 0 Å². The van der Waals surface area contributed by atoms with Gasteiger partial charge >= 0.3 is 5.97 Å². The van der Waals surface area contributed by atoms with E-state index in [4.69, 9.17) is 0 Å². The quantitative estimate of drug-likeness (QED) is 0.647. The first-order chi connectivity index (χ1) is 13.3. The number of carbonyl (C=O) groups excluding carboxylic acids is 1. The lowest BCUT2D eigenvalue weighted by Crippen LogP contribution is -2.22. The molecular weight excluding hydrogens is 391 g/mol. The average Bonchev–Trinajstić information content (AvgIpc) is 3.03. The van der Waals surface area contributed by atoms with Crippen LogP contribution in [0.25, 0.3) is 11.1 Å². The second-order valence-electron chi connectivity index (χ2n) is 6.34. The summed E-state index contributed by atoms with van der Waals surface area (Å²) in [4.78, 5) is 24.5. The van der Waals surface area contributed by atoms with E-state index in [1.165, 1.54) is 24.3 Å². The first-order valence-electron chi connectivity index (χ1n) is 8.26. The van der Waals surface area contributed by atoms with Crippen LogP contribution in [0.5, 0.6) is 0 Å². The molecule has 1 unspecified atom stereocenters. The number of halogens is 3. The van der Waals surface area contributed by atoms with E-state index in [-0.39, 0.29) is 22.5 Å². The highest BCUT2D eigenvalue weighted by atomic mass is 32.1. The Balaban J connectivity index is 1.94. The fourth-order valence-corrected chi connectivity index (χ4v) is 4.60. The van der Waals surface area contributed by atoms with Crippen LogP contribution in [0.1, 0.15) is 32.5 Å². The number of hydrogen-bond donors (Lipinski definition) is 2. The zero-order valence-corrected chi connectivity index (χ0v) is 14.9. The van der Waals surface area contributed by atoms with Gasteiger partial charge in [0.2, 0.25) is 5.91 Å². The van der Waals surface area contributed by atoms with Crippen LogP contribution in [0.2, 0.25) is 0 Å². The molecule has 8 heteroatoms.